The van der Waals surface area contributed by atoms with E-state index in [9.17, 15) is 4.79 Å². The summed E-state index contributed by atoms with van der Waals surface area (Å²) in [5.41, 5.74) is 1.88. The Morgan fingerprint density at radius 3 is 2.95 bits per heavy atom. The van der Waals surface area contributed by atoms with Crippen LogP contribution >= 0.6 is 0 Å². The number of carbonyl (C=O) groups excluding carboxylic acids is 1. The van der Waals surface area contributed by atoms with Crippen LogP contribution < -0.4 is 15.4 Å². The van der Waals surface area contributed by atoms with Gasteiger partial charge in [-0.05, 0) is 44.0 Å². The maximum absolute atomic E-state index is 11.3. The molecule has 5 heteroatoms. The Balaban J connectivity index is 1.81. The molecule has 5 nitrogen and oxygen atoms in total. The molecule has 2 rings (SSSR count). The minimum Gasteiger partial charge on any atom is -0.482 e. The van der Waals surface area contributed by atoms with E-state index >= 15 is 0 Å². The highest BCUT2D eigenvalue weighted by Gasteiger charge is 2.17. The van der Waals surface area contributed by atoms with Crippen molar-refractivity contribution in [2.24, 2.45) is 0 Å². The first-order chi connectivity index (χ1) is 10.2. The Labute approximate surface area is 125 Å². The van der Waals surface area contributed by atoms with Crippen LogP contribution in [0.15, 0.2) is 18.2 Å². The summed E-state index contributed by atoms with van der Waals surface area (Å²) in [4.78, 5) is 11.3. The molecule has 0 spiro atoms. The number of carbonyl (C=O) groups is 1. The number of unbranched alkanes of at least 4 members (excludes halogenated alkanes) is 3. The largest absolute Gasteiger partial charge is 0.482 e. The van der Waals surface area contributed by atoms with Gasteiger partial charge in [-0.25, -0.2) is 0 Å². The van der Waals surface area contributed by atoms with Gasteiger partial charge in [0, 0.05) is 12.6 Å². The highest BCUT2D eigenvalue weighted by molar-refractivity contribution is 5.95. The maximum Gasteiger partial charge on any atom is 0.262 e. The third-order valence-electron chi connectivity index (χ3n) is 3.67. The Morgan fingerprint density at radius 1 is 1.33 bits per heavy atom. The van der Waals surface area contributed by atoms with Crippen LogP contribution in [0.1, 0.15) is 44.2 Å². The summed E-state index contributed by atoms with van der Waals surface area (Å²) in [5, 5.41) is 15.0. The number of aliphatic hydroxyl groups is 1. The predicted octanol–water partition coefficient (Wildman–Crippen LogP) is 2.22. The Kier molecular flexibility index (Phi) is 6.02. The lowest BCUT2D eigenvalue weighted by atomic mass is 10.1. The summed E-state index contributed by atoms with van der Waals surface area (Å²) >= 11 is 0. The van der Waals surface area contributed by atoms with Crippen molar-refractivity contribution in [3.05, 3.63) is 23.8 Å². The number of fused-ring (bicyclic) bond motifs is 1. The molecule has 116 valence electrons. The molecule has 1 aliphatic heterocycles. The Hall–Kier alpha value is -1.59. The zero-order chi connectivity index (χ0) is 15.1. The van der Waals surface area contributed by atoms with Crippen LogP contribution in [0.5, 0.6) is 5.75 Å². The molecule has 1 aromatic carbocycles. The van der Waals surface area contributed by atoms with E-state index in [0.717, 1.165) is 49.2 Å². The zero-order valence-electron chi connectivity index (χ0n) is 12.5. The minimum absolute atomic E-state index is 0.0913. The van der Waals surface area contributed by atoms with Crippen molar-refractivity contribution in [1.29, 1.82) is 0 Å². The van der Waals surface area contributed by atoms with Crippen molar-refractivity contribution in [3.63, 3.8) is 0 Å². The SMILES string of the molecule is CC(NCCCCCCO)c1ccc2c(c1)NC(=O)CO2. The molecule has 1 aliphatic rings. The van der Waals surface area contributed by atoms with Crippen LogP contribution in [0, 0.1) is 0 Å². The average molecular weight is 292 g/mol. The summed E-state index contributed by atoms with van der Waals surface area (Å²) in [6, 6.07) is 6.13. The molecule has 0 saturated carbocycles. The third kappa shape index (κ3) is 4.72. The highest BCUT2D eigenvalue weighted by Crippen LogP contribution is 2.30. The molecule has 0 fully saturated rings. The van der Waals surface area contributed by atoms with E-state index in [-0.39, 0.29) is 25.2 Å². The molecule has 0 bridgehead atoms. The van der Waals surface area contributed by atoms with Crippen molar-refractivity contribution < 1.29 is 14.6 Å². The van der Waals surface area contributed by atoms with Gasteiger partial charge in [-0.1, -0.05) is 18.9 Å². The molecule has 0 aliphatic carbocycles. The summed E-state index contributed by atoms with van der Waals surface area (Å²) in [6.45, 7) is 3.44. The lowest BCUT2D eigenvalue weighted by molar-refractivity contribution is -0.118. The van der Waals surface area contributed by atoms with Crippen LogP contribution in [0.4, 0.5) is 5.69 Å². The third-order valence-corrected chi connectivity index (χ3v) is 3.67. The first kappa shape index (κ1) is 15.8. The van der Waals surface area contributed by atoms with Gasteiger partial charge in [-0.2, -0.15) is 0 Å². The van der Waals surface area contributed by atoms with Gasteiger partial charge in [-0.15, -0.1) is 0 Å². The van der Waals surface area contributed by atoms with Gasteiger partial charge in [0.15, 0.2) is 6.61 Å². The first-order valence-electron chi connectivity index (χ1n) is 7.61. The topological polar surface area (TPSA) is 70.6 Å². The van der Waals surface area contributed by atoms with E-state index < -0.39 is 0 Å². The zero-order valence-corrected chi connectivity index (χ0v) is 12.5. The van der Waals surface area contributed by atoms with Crippen LogP contribution in [0.25, 0.3) is 0 Å². The molecule has 1 unspecified atom stereocenters. The smallest absolute Gasteiger partial charge is 0.262 e. The standard InChI is InChI=1S/C16H24N2O3/c1-12(17-8-4-2-3-5-9-19)13-6-7-15-14(10-13)18-16(20)11-21-15/h6-7,10,12,17,19H,2-5,8-9,11H2,1H3,(H,18,20). The van der Waals surface area contributed by atoms with E-state index in [4.69, 9.17) is 9.84 Å². The Morgan fingerprint density at radius 2 is 2.14 bits per heavy atom. The number of aliphatic hydroxyl groups excluding tert-OH is 1. The molecule has 21 heavy (non-hydrogen) atoms. The molecule has 1 heterocycles. The molecule has 1 amide bonds. The van der Waals surface area contributed by atoms with Crippen molar-refractivity contribution >= 4 is 11.6 Å². The summed E-state index contributed by atoms with van der Waals surface area (Å²) in [7, 11) is 0. The fourth-order valence-electron chi connectivity index (χ4n) is 2.40. The number of hydrogen-bond acceptors (Lipinski definition) is 4. The number of nitrogens with one attached hydrogen (secondary N) is 2. The number of amides is 1. The van der Waals surface area contributed by atoms with Gasteiger partial charge in [0.1, 0.15) is 5.75 Å². The molecule has 1 atom stereocenters. The number of rotatable bonds is 8. The number of benzene rings is 1. The van der Waals surface area contributed by atoms with Gasteiger partial charge in [0.2, 0.25) is 0 Å². The van der Waals surface area contributed by atoms with Crippen molar-refractivity contribution in [2.45, 2.75) is 38.6 Å². The maximum atomic E-state index is 11.3. The molecule has 0 aromatic heterocycles. The second kappa shape index (κ2) is 8.00. The average Bonchev–Trinajstić information content (AvgIpc) is 2.49. The van der Waals surface area contributed by atoms with Gasteiger partial charge >= 0.3 is 0 Å². The molecule has 1 aromatic rings. The van der Waals surface area contributed by atoms with Crippen LogP contribution in [-0.2, 0) is 4.79 Å². The lowest BCUT2D eigenvalue weighted by Crippen LogP contribution is -2.26. The van der Waals surface area contributed by atoms with Crippen LogP contribution in [-0.4, -0.2) is 30.8 Å². The predicted molar refractivity (Wildman–Crippen MR) is 82.5 cm³/mol. The van der Waals surface area contributed by atoms with E-state index in [1.807, 2.05) is 18.2 Å². The molecule has 0 saturated heterocycles. The van der Waals surface area contributed by atoms with Crippen molar-refractivity contribution in [1.82, 2.24) is 5.32 Å². The van der Waals surface area contributed by atoms with Crippen molar-refractivity contribution in [2.75, 3.05) is 25.1 Å². The second-order valence-electron chi connectivity index (χ2n) is 5.41. The molecule has 3 N–H and O–H groups in total. The van der Waals surface area contributed by atoms with Gasteiger partial charge in [0.05, 0.1) is 5.69 Å². The van der Waals surface area contributed by atoms with E-state index in [0.29, 0.717) is 0 Å². The van der Waals surface area contributed by atoms with Gasteiger partial charge in [-0.3, -0.25) is 4.79 Å². The fourth-order valence-corrected chi connectivity index (χ4v) is 2.40. The fraction of sp³-hybridized carbons (Fsp3) is 0.562. The molecule has 0 radical (unpaired) electrons. The minimum atomic E-state index is -0.107. The highest BCUT2D eigenvalue weighted by atomic mass is 16.5. The van der Waals surface area contributed by atoms with Crippen LogP contribution in [0.3, 0.4) is 0 Å². The first-order valence-corrected chi connectivity index (χ1v) is 7.61. The quantitative estimate of drug-likeness (QED) is 0.643. The monoisotopic (exact) mass is 292 g/mol. The normalized spacial score (nSPS) is 15.0. The summed E-state index contributed by atoms with van der Waals surface area (Å²) < 4.78 is 5.35. The molecular formula is C16H24N2O3. The van der Waals surface area contributed by atoms with E-state index in [2.05, 4.69) is 17.6 Å². The summed E-state index contributed by atoms with van der Waals surface area (Å²) in [5.74, 6) is 0.624. The summed E-state index contributed by atoms with van der Waals surface area (Å²) in [6.07, 6.45) is 4.21. The van der Waals surface area contributed by atoms with E-state index in [1.54, 1.807) is 0 Å². The van der Waals surface area contributed by atoms with Crippen molar-refractivity contribution in [3.8, 4) is 5.75 Å². The number of hydrogen-bond donors (Lipinski definition) is 3. The number of anilines is 1. The van der Waals surface area contributed by atoms with Gasteiger partial charge < -0.3 is 20.5 Å². The second-order valence-corrected chi connectivity index (χ2v) is 5.41. The lowest BCUT2D eigenvalue weighted by Gasteiger charge is -2.21. The number of ether oxygens (including phenoxy) is 1. The Bertz CT molecular complexity index is 477. The van der Waals surface area contributed by atoms with E-state index in [1.165, 1.54) is 0 Å². The van der Waals surface area contributed by atoms with Gasteiger partial charge in [0.25, 0.3) is 5.91 Å². The molecular weight excluding hydrogens is 268 g/mol. The van der Waals surface area contributed by atoms with Crippen LogP contribution in [0.2, 0.25) is 0 Å².